The summed E-state index contributed by atoms with van der Waals surface area (Å²) < 4.78 is 5.21. The highest BCUT2D eigenvalue weighted by atomic mass is 16.5. The Balaban J connectivity index is 1.76. The van der Waals surface area contributed by atoms with Crippen molar-refractivity contribution < 1.29 is 9.53 Å². The van der Waals surface area contributed by atoms with Gasteiger partial charge in [0.25, 0.3) is 5.91 Å². The predicted molar refractivity (Wildman–Crippen MR) is 107 cm³/mol. The summed E-state index contributed by atoms with van der Waals surface area (Å²) in [4.78, 5) is 23.1. The molecule has 138 valence electrons. The predicted octanol–water partition coefficient (Wildman–Crippen LogP) is 4.20. The smallest absolute Gasteiger partial charge is 0.278 e. The highest BCUT2D eigenvalue weighted by molar-refractivity contribution is 6.04. The molecule has 0 fully saturated rings. The number of carbonyl (C=O) groups excluding carboxylic acids is 1. The van der Waals surface area contributed by atoms with Crippen molar-refractivity contribution in [3.05, 3.63) is 72.2 Å². The Morgan fingerprint density at radius 3 is 2.59 bits per heavy atom. The second-order valence-electron chi connectivity index (χ2n) is 6.03. The summed E-state index contributed by atoms with van der Waals surface area (Å²) in [6, 6.07) is 15.3. The fourth-order valence-corrected chi connectivity index (χ4v) is 2.73. The van der Waals surface area contributed by atoms with Crippen LogP contribution in [0.15, 0.2) is 60.9 Å². The van der Waals surface area contributed by atoms with Gasteiger partial charge in [0.15, 0.2) is 0 Å². The van der Waals surface area contributed by atoms with Gasteiger partial charge in [0.2, 0.25) is 0 Å². The van der Waals surface area contributed by atoms with E-state index < -0.39 is 0 Å². The van der Waals surface area contributed by atoms with Crippen molar-refractivity contribution >= 4 is 23.1 Å². The highest BCUT2D eigenvalue weighted by Gasteiger charge is 2.18. The molecular weight excluding hydrogens is 340 g/mol. The lowest BCUT2D eigenvalue weighted by atomic mass is 10.2. The normalized spacial score (nSPS) is 10.3. The summed E-state index contributed by atoms with van der Waals surface area (Å²) >= 11 is 0. The van der Waals surface area contributed by atoms with Crippen LogP contribution in [0.2, 0.25) is 0 Å². The van der Waals surface area contributed by atoms with E-state index in [2.05, 4.69) is 15.3 Å². The maximum absolute atomic E-state index is 12.8. The number of ether oxygens (including phenoxy) is 1. The van der Waals surface area contributed by atoms with Crippen molar-refractivity contribution in [2.45, 2.75) is 13.8 Å². The van der Waals surface area contributed by atoms with E-state index in [0.29, 0.717) is 18.1 Å². The third kappa shape index (κ3) is 4.41. The molecule has 27 heavy (non-hydrogen) atoms. The van der Waals surface area contributed by atoms with Crippen LogP contribution in [0.1, 0.15) is 23.0 Å². The van der Waals surface area contributed by atoms with E-state index >= 15 is 0 Å². The second kappa shape index (κ2) is 8.31. The number of aromatic nitrogens is 2. The number of nitrogens with one attached hydrogen (secondary N) is 1. The third-order valence-corrected chi connectivity index (χ3v) is 4.09. The molecule has 0 bridgehead atoms. The lowest BCUT2D eigenvalue weighted by molar-refractivity contribution is 0.0983. The first-order valence-electron chi connectivity index (χ1n) is 8.72. The Morgan fingerprint density at radius 1 is 1.11 bits per heavy atom. The van der Waals surface area contributed by atoms with E-state index in [-0.39, 0.29) is 5.91 Å². The Bertz CT molecular complexity index is 925. The number of hydrogen-bond donors (Lipinski definition) is 1. The summed E-state index contributed by atoms with van der Waals surface area (Å²) in [7, 11) is 1.62. The second-order valence-corrected chi connectivity index (χ2v) is 6.03. The molecule has 1 amide bonds. The minimum atomic E-state index is -0.177. The fourth-order valence-electron chi connectivity index (χ4n) is 2.73. The standard InChI is InChI=1S/C21H22N4O2/c1-4-25(17-9-5-7-15(2)11-17)21(26)19-13-23-20(14-22-19)24-16-8-6-10-18(12-16)27-3/h5-14H,4H2,1-3H3,(H,23,24). The monoisotopic (exact) mass is 362 g/mol. The van der Waals surface area contributed by atoms with E-state index in [1.54, 1.807) is 18.2 Å². The molecule has 0 aliphatic heterocycles. The first-order chi connectivity index (χ1) is 13.1. The summed E-state index contributed by atoms with van der Waals surface area (Å²) in [5, 5.41) is 3.15. The molecule has 6 heteroatoms. The van der Waals surface area contributed by atoms with Crippen molar-refractivity contribution in [2.75, 3.05) is 23.9 Å². The average Bonchev–Trinajstić information content (AvgIpc) is 2.69. The molecule has 0 saturated carbocycles. The highest BCUT2D eigenvalue weighted by Crippen LogP contribution is 2.21. The molecule has 1 aromatic heterocycles. The van der Waals surface area contributed by atoms with Crippen molar-refractivity contribution in [3.8, 4) is 5.75 Å². The molecule has 0 radical (unpaired) electrons. The SMILES string of the molecule is CCN(C(=O)c1cnc(Nc2cccc(OC)c2)cn1)c1cccc(C)c1. The van der Waals surface area contributed by atoms with Crippen LogP contribution in [0.3, 0.4) is 0 Å². The van der Waals surface area contributed by atoms with E-state index in [9.17, 15) is 4.79 Å². The van der Waals surface area contributed by atoms with Gasteiger partial charge in [-0.25, -0.2) is 9.97 Å². The van der Waals surface area contributed by atoms with Crippen LogP contribution < -0.4 is 15.0 Å². The number of nitrogens with zero attached hydrogens (tertiary/aromatic N) is 3. The van der Waals surface area contributed by atoms with Gasteiger partial charge in [0.1, 0.15) is 17.3 Å². The van der Waals surface area contributed by atoms with Gasteiger partial charge >= 0.3 is 0 Å². The largest absolute Gasteiger partial charge is 0.497 e. The van der Waals surface area contributed by atoms with Crippen LogP contribution in [0.5, 0.6) is 5.75 Å². The van der Waals surface area contributed by atoms with Crippen LogP contribution in [0, 0.1) is 6.92 Å². The Labute approximate surface area is 158 Å². The van der Waals surface area contributed by atoms with Gasteiger partial charge in [-0.05, 0) is 43.7 Å². The molecule has 0 spiro atoms. The number of amides is 1. The van der Waals surface area contributed by atoms with Gasteiger partial charge in [-0.3, -0.25) is 4.79 Å². The summed E-state index contributed by atoms with van der Waals surface area (Å²) in [6.07, 6.45) is 3.04. The molecule has 3 rings (SSSR count). The summed E-state index contributed by atoms with van der Waals surface area (Å²) in [5.74, 6) is 1.12. The average molecular weight is 362 g/mol. The van der Waals surface area contributed by atoms with Crippen molar-refractivity contribution in [2.24, 2.45) is 0 Å². The molecule has 3 aromatic rings. The Morgan fingerprint density at radius 2 is 1.93 bits per heavy atom. The van der Waals surface area contributed by atoms with Gasteiger partial charge in [-0.15, -0.1) is 0 Å². The van der Waals surface area contributed by atoms with Crippen molar-refractivity contribution in [1.82, 2.24) is 9.97 Å². The molecular formula is C21H22N4O2. The molecule has 0 atom stereocenters. The number of benzene rings is 2. The number of aryl methyl sites for hydroxylation is 1. The van der Waals surface area contributed by atoms with E-state index in [4.69, 9.17) is 4.74 Å². The van der Waals surface area contributed by atoms with Crippen LogP contribution in [-0.2, 0) is 0 Å². The van der Waals surface area contributed by atoms with Crippen LogP contribution in [-0.4, -0.2) is 29.5 Å². The molecule has 1 heterocycles. The summed E-state index contributed by atoms with van der Waals surface area (Å²) in [5.41, 5.74) is 3.08. The molecule has 2 aromatic carbocycles. The molecule has 0 aliphatic carbocycles. The van der Waals surface area contributed by atoms with Crippen LogP contribution >= 0.6 is 0 Å². The Hall–Kier alpha value is -3.41. The fraction of sp³-hybridized carbons (Fsp3) is 0.190. The molecule has 0 aliphatic rings. The quantitative estimate of drug-likeness (QED) is 0.712. The van der Waals surface area contributed by atoms with Gasteiger partial charge in [-0.2, -0.15) is 0 Å². The third-order valence-electron chi connectivity index (χ3n) is 4.09. The van der Waals surface area contributed by atoms with Gasteiger partial charge < -0.3 is 15.0 Å². The maximum atomic E-state index is 12.8. The zero-order valence-corrected chi connectivity index (χ0v) is 15.6. The van der Waals surface area contributed by atoms with Gasteiger partial charge in [0.05, 0.1) is 19.5 Å². The number of carbonyl (C=O) groups is 1. The zero-order chi connectivity index (χ0) is 19.2. The molecule has 0 unspecified atom stereocenters. The molecule has 1 N–H and O–H groups in total. The van der Waals surface area contributed by atoms with Gasteiger partial charge in [-0.1, -0.05) is 18.2 Å². The van der Waals surface area contributed by atoms with Crippen LogP contribution in [0.4, 0.5) is 17.2 Å². The number of methoxy groups -OCH3 is 1. The van der Waals surface area contributed by atoms with E-state index in [1.807, 2.05) is 62.4 Å². The molecule has 6 nitrogen and oxygen atoms in total. The first-order valence-corrected chi connectivity index (χ1v) is 8.72. The van der Waals surface area contributed by atoms with Crippen molar-refractivity contribution in [3.63, 3.8) is 0 Å². The lowest BCUT2D eigenvalue weighted by Gasteiger charge is -2.21. The van der Waals surface area contributed by atoms with E-state index in [1.165, 1.54) is 6.20 Å². The van der Waals surface area contributed by atoms with Crippen LogP contribution in [0.25, 0.3) is 0 Å². The zero-order valence-electron chi connectivity index (χ0n) is 15.6. The summed E-state index contributed by atoms with van der Waals surface area (Å²) in [6.45, 7) is 4.49. The number of anilines is 3. The van der Waals surface area contributed by atoms with Crippen molar-refractivity contribution in [1.29, 1.82) is 0 Å². The lowest BCUT2D eigenvalue weighted by Crippen LogP contribution is -2.31. The topological polar surface area (TPSA) is 67.4 Å². The first kappa shape index (κ1) is 18.4. The maximum Gasteiger partial charge on any atom is 0.278 e. The minimum absolute atomic E-state index is 0.177. The number of rotatable bonds is 6. The molecule has 0 saturated heterocycles. The minimum Gasteiger partial charge on any atom is -0.497 e. The Kier molecular flexibility index (Phi) is 5.66. The van der Waals surface area contributed by atoms with Gasteiger partial charge in [0, 0.05) is 24.0 Å². The number of hydrogen-bond acceptors (Lipinski definition) is 5. The van der Waals surface area contributed by atoms with E-state index in [0.717, 1.165) is 22.7 Å².